The average Bonchev–Trinajstić information content (AvgIpc) is 2.15. The highest BCUT2D eigenvalue weighted by atomic mass is 16.3. The Kier molecular flexibility index (Phi) is 7.29. The Bertz CT molecular complexity index is 111. The second kappa shape index (κ2) is 7.34. The summed E-state index contributed by atoms with van der Waals surface area (Å²) in [5, 5.41) is 9.71. The molecule has 0 saturated carbocycles. The second-order valence-corrected chi connectivity index (χ2v) is 3.75. The summed E-state index contributed by atoms with van der Waals surface area (Å²) in [4.78, 5) is 2.38. The summed E-state index contributed by atoms with van der Waals surface area (Å²) < 4.78 is 0. The minimum atomic E-state index is -0.168. The van der Waals surface area contributed by atoms with Gasteiger partial charge in [-0.05, 0) is 39.3 Å². The van der Waals surface area contributed by atoms with Crippen molar-refractivity contribution in [1.82, 2.24) is 4.90 Å². The zero-order valence-corrected chi connectivity index (χ0v) is 9.58. The number of hydrogen-bond acceptors (Lipinski definition) is 2. The predicted octanol–water partition coefficient (Wildman–Crippen LogP) is 2.27. The van der Waals surface area contributed by atoms with Gasteiger partial charge in [0, 0.05) is 6.04 Å². The summed E-state index contributed by atoms with van der Waals surface area (Å²) >= 11 is 0. The lowest BCUT2D eigenvalue weighted by Crippen LogP contribution is -2.42. The SMILES string of the molecule is CCCN(CCC)[C@H](C)C(O)CC. The van der Waals surface area contributed by atoms with Crippen molar-refractivity contribution >= 4 is 0 Å². The van der Waals surface area contributed by atoms with E-state index in [1.54, 1.807) is 0 Å². The molecule has 2 atom stereocenters. The first-order chi connectivity index (χ1) is 6.17. The van der Waals surface area contributed by atoms with Crippen molar-refractivity contribution in [3.8, 4) is 0 Å². The van der Waals surface area contributed by atoms with Crippen molar-refractivity contribution in [1.29, 1.82) is 0 Å². The van der Waals surface area contributed by atoms with Crippen LogP contribution >= 0.6 is 0 Å². The Morgan fingerprint density at radius 3 is 1.85 bits per heavy atom. The van der Waals surface area contributed by atoms with E-state index in [4.69, 9.17) is 0 Å². The van der Waals surface area contributed by atoms with Crippen LogP contribution in [-0.2, 0) is 0 Å². The molecule has 0 aromatic rings. The Morgan fingerprint density at radius 2 is 1.54 bits per heavy atom. The number of aliphatic hydroxyl groups excluding tert-OH is 1. The smallest absolute Gasteiger partial charge is 0.0690 e. The van der Waals surface area contributed by atoms with E-state index >= 15 is 0 Å². The largest absolute Gasteiger partial charge is 0.392 e. The number of hydrogen-bond donors (Lipinski definition) is 1. The van der Waals surface area contributed by atoms with E-state index in [9.17, 15) is 5.11 Å². The van der Waals surface area contributed by atoms with Crippen molar-refractivity contribution < 1.29 is 5.11 Å². The fourth-order valence-electron chi connectivity index (χ4n) is 1.68. The molecule has 0 spiro atoms. The molecule has 0 saturated heterocycles. The van der Waals surface area contributed by atoms with Crippen molar-refractivity contribution in [2.45, 2.75) is 59.1 Å². The molecule has 2 nitrogen and oxygen atoms in total. The van der Waals surface area contributed by atoms with Crippen LogP contribution in [0.15, 0.2) is 0 Å². The maximum atomic E-state index is 9.71. The van der Waals surface area contributed by atoms with Gasteiger partial charge in [-0.15, -0.1) is 0 Å². The molecule has 0 aromatic carbocycles. The highest BCUT2D eigenvalue weighted by Gasteiger charge is 2.18. The topological polar surface area (TPSA) is 23.5 Å². The van der Waals surface area contributed by atoms with Gasteiger partial charge in [0.05, 0.1) is 6.10 Å². The first kappa shape index (κ1) is 12.9. The van der Waals surface area contributed by atoms with Crippen molar-refractivity contribution in [2.75, 3.05) is 13.1 Å². The van der Waals surface area contributed by atoms with Crippen LogP contribution in [0.25, 0.3) is 0 Å². The summed E-state index contributed by atoms with van der Waals surface area (Å²) in [6, 6.07) is 0.310. The van der Waals surface area contributed by atoms with Gasteiger partial charge in [-0.2, -0.15) is 0 Å². The Hall–Kier alpha value is -0.0800. The molecule has 80 valence electrons. The summed E-state index contributed by atoms with van der Waals surface area (Å²) in [6.45, 7) is 10.7. The number of nitrogens with zero attached hydrogens (tertiary/aromatic N) is 1. The predicted molar refractivity (Wildman–Crippen MR) is 57.9 cm³/mol. The van der Waals surface area contributed by atoms with Gasteiger partial charge in [-0.3, -0.25) is 4.90 Å². The Balaban J connectivity index is 4.00. The van der Waals surface area contributed by atoms with E-state index in [2.05, 4.69) is 25.7 Å². The van der Waals surface area contributed by atoms with Crippen LogP contribution in [0.1, 0.15) is 47.0 Å². The Morgan fingerprint density at radius 1 is 1.08 bits per heavy atom. The first-order valence-electron chi connectivity index (χ1n) is 5.59. The van der Waals surface area contributed by atoms with Crippen LogP contribution in [0, 0.1) is 0 Å². The molecular weight excluding hydrogens is 162 g/mol. The highest BCUT2D eigenvalue weighted by Crippen LogP contribution is 2.08. The minimum Gasteiger partial charge on any atom is -0.392 e. The molecule has 0 heterocycles. The fourth-order valence-corrected chi connectivity index (χ4v) is 1.68. The van der Waals surface area contributed by atoms with Crippen LogP contribution < -0.4 is 0 Å². The molecule has 1 unspecified atom stereocenters. The third-order valence-corrected chi connectivity index (χ3v) is 2.57. The monoisotopic (exact) mass is 187 g/mol. The first-order valence-corrected chi connectivity index (χ1v) is 5.59. The molecule has 0 aliphatic heterocycles. The van der Waals surface area contributed by atoms with Crippen molar-refractivity contribution in [3.05, 3.63) is 0 Å². The summed E-state index contributed by atoms with van der Waals surface area (Å²) in [7, 11) is 0. The average molecular weight is 187 g/mol. The molecule has 0 aliphatic carbocycles. The van der Waals surface area contributed by atoms with Gasteiger partial charge in [0.1, 0.15) is 0 Å². The third kappa shape index (κ3) is 4.63. The maximum Gasteiger partial charge on any atom is 0.0690 e. The van der Waals surface area contributed by atoms with Crippen LogP contribution in [-0.4, -0.2) is 35.2 Å². The highest BCUT2D eigenvalue weighted by molar-refractivity contribution is 4.73. The third-order valence-electron chi connectivity index (χ3n) is 2.57. The second-order valence-electron chi connectivity index (χ2n) is 3.75. The lowest BCUT2D eigenvalue weighted by atomic mass is 10.1. The van der Waals surface area contributed by atoms with Crippen molar-refractivity contribution in [3.63, 3.8) is 0 Å². The molecule has 0 aromatic heterocycles. The van der Waals surface area contributed by atoms with Gasteiger partial charge in [0.2, 0.25) is 0 Å². The van der Waals surface area contributed by atoms with Crippen LogP contribution in [0.2, 0.25) is 0 Å². The van der Waals surface area contributed by atoms with Gasteiger partial charge >= 0.3 is 0 Å². The molecule has 0 aliphatic rings. The van der Waals surface area contributed by atoms with E-state index < -0.39 is 0 Å². The van der Waals surface area contributed by atoms with Gasteiger partial charge in [0.25, 0.3) is 0 Å². The van der Waals surface area contributed by atoms with E-state index in [-0.39, 0.29) is 6.10 Å². The molecule has 0 amide bonds. The zero-order chi connectivity index (χ0) is 10.3. The maximum absolute atomic E-state index is 9.71. The number of aliphatic hydroxyl groups is 1. The molecule has 0 bridgehead atoms. The molecule has 2 heteroatoms. The zero-order valence-electron chi connectivity index (χ0n) is 9.58. The van der Waals surface area contributed by atoms with Crippen molar-refractivity contribution in [2.24, 2.45) is 0 Å². The molecular formula is C11H25NO. The van der Waals surface area contributed by atoms with E-state index in [1.807, 2.05) is 6.92 Å². The van der Waals surface area contributed by atoms with E-state index in [1.165, 1.54) is 12.8 Å². The van der Waals surface area contributed by atoms with E-state index in [0.29, 0.717) is 6.04 Å². The van der Waals surface area contributed by atoms with Gasteiger partial charge < -0.3 is 5.11 Å². The lowest BCUT2D eigenvalue weighted by molar-refractivity contribution is 0.0558. The molecule has 0 radical (unpaired) electrons. The van der Waals surface area contributed by atoms with E-state index in [0.717, 1.165) is 19.5 Å². The quantitative estimate of drug-likeness (QED) is 0.661. The van der Waals surface area contributed by atoms with Crippen LogP contribution in [0.3, 0.4) is 0 Å². The molecule has 13 heavy (non-hydrogen) atoms. The summed E-state index contributed by atoms with van der Waals surface area (Å²) in [6.07, 6.45) is 3.02. The summed E-state index contributed by atoms with van der Waals surface area (Å²) in [5.74, 6) is 0. The Labute approximate surface area is 82.9 Å². The number of rotatable bonds is 7. The van der Waals surface area contributed by atoms with Gasteiger partial charge in [-0.25, -0.2) is 0 Å². The van der Waals surface area contributed by atoms with Crippen LogP contribution in [0.4, 0.5) is 0 Å². The molecule has 0 fully saturated rings. The fraction of sp³-hybridized carbons (Fsp3) is 1.00. The normalized spacial score (nSPS) is 16.2. The standard InChI is InChI=1S/C11H25NO/c1-5-8-12(9-6-2)10(4)11(13)7-3/h10-11,13H,5-9H2,1-4H3/t10-,11?/m1/s1. The van der Waals surface area contributed by atoms with Gasteiger partial charge in [0.15, 0.2) is 0 Å². The molecule has 1 N–H and O–H groups in total. The van der Waals surface area contributed by atoms with Gasteiger partial charge in [-0.1, -0.05) is 20.8 Å². The summed E-state index contributed by atoms with van der Waals surface area (Å²) in [5.41, 5.74) is 0. The molecule has 0 rings (SSSR count). The minimum absolute atomic E-state index is 0.168. The van der Waals surface area contributed by atoms with Crippen LogP contribution in [0.5, 0.6) is 0 Å². The lowest BCUT2D eigenvalue weighted by Gasteiger charge is -2.31.